The van der Waals surface area contributed by atoms with Crippen LogP contribution in [0.3, 0.4) is 0 Å². The second kappa shape index (κ2) is 12.8. The first-order valence-electron chi connectivity index (χ1n) is 14.3. The van der Waals surface area contributed by atoms with Gasteiger partial charge in [-0.3, -0.25) is 0 Å². The Hall–Kier alpha value is -4.77. The fourth-order valence-electron chi connectivity index (χ4n) is 5.71. The molecule has 0 amide bonds. The van der Waals surface area contributed by atoms with E-state index in [2.05, 4.69) is 20.1 Å². The molecule has 1 aliphatic heterocycles. The highest BCUT2D eigenvalue weighted by Gasteiger charge is 2.67. The van der Waals surface area contributed by atoms with Crippen molar-refractivity contribution in [2.45, 2.75) is 50.3 Å². The van der Waals surface area contributed by atoms with Gasteiger partial charge in [-0.15, -0.1) is 0 Å². The van der Waals surface area contributed by atoms with Crippen LogP contribution in [0.2, 0.25) is 0 Å². The molecule has 4 atom stereocenters. The summed E-state index contributed by atoms with van der Waals surface area (Å²) in [6, 6.07) is 33.0. The summed E-state index contributed by atoms with van der Waals surface area (Å²) in [6.45, 7) is 2.82. The summed E-state index contributed by atoms with van der Waals surface area (Å²) in [7, 11) is 0. The van der Waals surface area contributed by atoms with Crippen molar-refractivity contribution in [3.8, 4) is 0 Å². The third-order valence-corrected chi connectivity index (χ3v) is 7.94. The maximum atomic E-state index is 10.0. The fourth-order valence-corrected chi connectivity index (χ4v) is 5.71. The van der Waals surface area contributed by atoms with Gasteiger partial charge in [-0.25, -0.2) is 9.50 Å². The number of nitrogens with zero attached hydrogens (tertiary/aromatic N) is 6. The Morgan fingerprint density at radius 1 is 0.886 bits per heavy atom. The zero-order chi connectivity index (χ0) is 30.4. The van der Waals surface area contributed by atoms with Crippen molar-refractivity contribution >= 4 is 11.3 Å². The van der Waals surface area contributed by atoms with E-state index in [4.69, 9.17) is 24.7 Å². The molecule has 0 radical (unpaired) electrons. The predicted molar refractivity (Wildman–Crippen MR) is 164 cm³/mol. The molecule has 0 spiro atoms. The minimum absolute atomic E-state index is 0.141. The van der Waals surface area contributed by atoms with Crippen LogP contribution in [-0.2, 0) is 44.5 Å². The molecule has 0 saturated carbocycles. The number of benzene rings is 3. The molecule has 1 saturated heterocycles. The molecule has 3 aromatic carbocycles. The molecule has 2 N–H and O–H groups in total. The Morgan fingerprint density at radius 3 is 2.14 bits per heavy atom. The molecule has 2 aromatic heterocycles. The van der Waals surface area contributed by atoms with Crippen LogP contribution in [0.15, 0.2) is 115 Å². The Labute approximate surface area is 254 Å². The number of fused-ring (bicyclic) bond motifs is 1. The molecule has 11 heteroatoms. The first-order chi connectivity index (χ1) is 21.5. The molecule has 5 aromatic rings. The lowest BCUT2D eigenvalue weighted by Crippen LogP contribution is -2.54. The number of aromatic nitrogens is 3. The van der Waals surface area contributed by atoms with E-state index in [-0.39, 0.29) is 25.6 Å². The Bertz CT molecular complexity index is 1730. The predicted octanol–water partition coefficient (Wildman–Crippen LogP) is 5.95. The van der Waals surface area contributed by atoms with E-state index >= 15 is 0 Å². The summed E-state index contributed by atoms with van der Waals surface area (Å²) in [4.78, 5) is 7.39. The van der Waals surface area contributed by atoms with Crippen LogP contribution in [0, 0.1) is 0 Å². The summed E-state index contributed by atoms with van der Waals surface area (Å²) in [6.07, 6.45) is -0.0906. The average molecular weight is 592 g/mol. The molecule has 44 heavy (non-hydrogen) atoms. The van der Waals surface area contributed by atoms with Crippen molar-refractivity contribution in [3.05, 3.63) is 142 Å². The number of hydrogen-bond donors (Lipinski definition) is 1. The third-order valence-electron chi connectivity index (χ3n) is 7.94. The molecule has 1 fully saturated rings. The number of hydrogen-bond acceptors (Lipinski definition) is 8. The summed E-state index contributed by atoms with van der Waals surface area (Å²) in [5.74, 6) is 0.270. The van der Waals surface area contributed by atoms with Gasteiger partial charge < -0.3 is 24.7 Å². The molecule has 0 unspecified atom stereocenters. The molecule has 0 bridgehead atoms. The lowest BCUT2D eigenvalue weighted by Gasteiger charge is -2.40. The monoisotopic (exact) mass is 591 g/mol. The molecule has 0 aliphatic carbocycles. The highest BCUT2D eigenvalue weighted by Crippen LogP contribution is 2.52. The number of nitrogen functional groups attached to an aromatic ring is 1. The smallest absolute Gasteiger partial charge is 0.220 e. The van der Waals surface area contributed by atoms with Gasteiger partial charge in [-0.1, -0.05) is 91.0 Å². The Kier molecular flexibility index (Phi) is 8.56. The standard InChI is InChI=1S/C33H33N7O4/c1-32(43-21-26-15-9-4-10-16-26)30(42-20-25-13-7-3-8-14-25)28(22-41-19-24-11-5-2-6-12-24)44-33(32,38-39-35)29-18-17-27-31(34)36-23-37-40(27)29/h2-18,23,28,30H,19-22H2,1H3,(H2,34,36,37)/t28-,30-,32-,33+/m1/s1. The number of azide groups is 1. The average Bonchev–Trinajstić information content (AvgIpc) is 3.59. The van der Waals surface area contributed by atoms with Gasteiger partial charge in [-0.2, -0.15) is 5.10 Å². The zero-order valence-corrected chi connectivity index (χ0v) is 24.3. The largest absolute Gasteiger partial charge is 0.382 e. The molecule has 11 nitrogen and oxygen atoms in total. The molecule has 1 aliphatic rings. The van der Waals surface area contributed by atoms with Gasteiger partial charge in [0.2, 0.25) is 5.72 Å². The van der Waals surface area contributed by atoms with E-state index < -0.39 is 23.5 Å². The maximum Gasteiger partial charge on any atom is 0.220 e. The van der Waals surface area contributed by atoms with Gasteiger partial charge in [-0.05, 0) is 46.4 Å². The van der Waals surface area contributed by atoms with E-state index in [1.54, 1.807) is 16.6 Å². The second-order valence-electron chi connectivity index (χ2n) is 10.7. The minimum Gasteiger partial charge on any atom is -0.382 e. The minimum atomic E-state index is -1.73. The molecular formula is C33H33N7O4. The van der Waals surface area contributed by atoms with Gasteiger partial charge in [0.05, 0.1) is 32.1 Å². The van der Waals surface area contributed by atoms with E-state index in [1.807, 2.05) is 97.9 Å². The van der Waals surface area contributed by atoms with Crippen LogP contribution >= 0.6 is 0 Å². The molecule has 224 valence electrons. The first kappa shape index (κ1) is 29.3. The summed E-state index contributed by atoms with van der Waals surface area (Å²) in [5, 5.41) is 8.78. The van der Waals surface area contributed by atoms with Crippen LogP contribution < -0.4 is 5.73 Å². The second-order valence-corrected chi connectivity index (χ2v) is 10.7. The van der Waals surface area contributed by atoms with Gasteiger partial charge in [0.1, 0.15) is 29.7 Å². The van der Waals surface area contributed by atoms with Crippen LogP contribution in [0.4, 0.5) is 5.82 Å². The van der Waals surface area contributed by atoms with E-state index in [9.17, 15) is 5.53 Å². The number of nitrogens with two attached hydrogens (primary N) is 1. The van der Waals surface area contributed by atoms with E-state index in [0.717, 1.165) is 16.7 Å². The Balaban J connectivity index is 1.44. The molecular weight excluding hydrogens is 558 g/mol. The van der Waals surface area contributed by atoms with Crippen LogP contribution in [-0.4, -0.2) is 39.0 Å². The van der Waals surface area contributed by atoms with Crippen molar-refractivity contribution in [2.75, 3.05) is 12.3 Å². The lowest BCUT2D eigenvalue weighted by atomic mass is 9.85. The molecule has 6 rings (SSSR count). The highest BCUT2D eigenvalue weighted by molar-refractivity contribution is 5.65. The quantitative estimate of drug-likeness (QED) is 0.107. The van der Waals surface area contributed by atoms with Crippen molar-refractivity contribution in [3.63, 3.8) is 0 Å². The van der Waals surface area contributed by atoms with E-state index in [1.165, 1.54) is 6.33 Å². The number of rotatable bonds is 12. The Morgan fingerprint density at radius 2 is 1.50 bits per heavy atom. The van der Waals surface area contributed by atoms with Crippen molar-refractivity contribution in [2.24, 2.45) is 5.11 Å². The maximum absolute atomic E-state index is 10.0. The van der Waals surface area contributed by atoms with Crippen LogP contribution in [0.5, 0.6) is 0 Å². The highest BCUT2D eigenvalue weighted by atomic mass is 16.6. The lowest BCUT2D eigenvalue weighted by molar-refractivity contribution is -0.187. The van der Waals surface area contributed by atoms with Gasteiger partial charge >= 0.3 is 0 Å². The van der Waals surface area contributed by atoms with Gasteiger partial charge in [0.15, 0.2) is 5.82 Å². The fraction of sp³-hybridized carbons (Fsp3) is 0.273. The van der Waals surface area contributed by atoms with Gasteiger partial charge in [0.25, 0.3) is 0 Å². The summed E-state index contributed by atoms with van der Waals surface area (Å²) in [5.41, 5.74) is 17.0. The summed E-state index contributed by atoms with van der Waals surface area (Å²) >= 11 is 0. The van der Waals surface area contributed by atoms with Crippen molar-refractivity contribution < 1.29 is 18.9 Å². The van der Waals surface area contributed by atoms with Crippen LogP contribution in [0.25, 0.3) is 16.0 Å². The number of ether oxygens (including phenoxy) is 4. The normalized spacial score (nSPS) is 23.0. The topological polar surface area (TPSA) is 142 Å². The molecule has 3 heterocycles. The number of anilines is 1. The first-order valence-corrected chi connectivity index (χ1v) is 14.3. The SMILES string of the molecule is C[C@@]1(OCc2ccccc2)[C@H](OCc2ccccc2)[C@@H](COCc2ccccc2)O[C@@]1(N=[N+]=[N-])c1ccc2c(N)ncnn12. The van der Waals surface area contributed by atoms with Gasteiger partial charge in [0, 0.05) is 4.91 Å². The summed E-state index contributed by atoms with van der Waals surface area (Å²) < 4.78 is 28.0. The van der Waals surface area contributed by atoms with Crippen molar-refractivity contribution in [1.82, 2.24) is 14.6 Å². The van der Waals surface area contributed by atoms with Crippen LogP contribution in [0.1, 0.15) is 29.3 Å². The third kappa shape index (κ3) is 5.62. The zero-order valence-electron chi connectivity index (χ0n) is 24.3. The van der Waals surface area contributed by atoms with E-state index in [0.29, 0.717) is 17.8 Å². The van der Waals surface area contributed by atoms with Crippen molar-refractivity contribution in [1.29, 1.82) is 0 Å².